The van der Waals surface area contributed by atoms with E-state index in [0.717, 1.165) is 22.3 Å². The van der Waals surface area contributed by atoms with Gasteiger partial charge < -0.3 is 5.11 Å². The van der Waals surface area contributed by atoms with Gasteiger partial charge in [-0.3, -0.25) is 9.59 Å². The maximum atomic E-state index is 12.3. The Balaban J connectivity index is 2.02. The van der Waals surface area contributed by atoms with Crippen molar-refractivity contribution in [2.45, 2.75) is 33.1 Å². The molecule has 0 bridgehead atoms. The van der Waals surface area contributed by atoms with E-state index in [-0.39, 0.29) is 12.2 Å². The van der Waals surface area contributed by atoms with Crippen LogP contribution in [0.3, 0.4) is 0 Å². The molecule has 2 rings (SSSR count). The van der Waals surface area contributed by atoms with E-state index in [1.807, 2.05) is 56.3 Å². The van der Waals surface area contributed by atoms with Crippen LogP contribution >= 0.6 is 0 Å². The number of benzene rings is 2. The molecule has 1 N–H and O–H groups in total. The molecular formula is C20H22O3. The van der Waals surface area contributed by atoms with Gasteiger partial charge in [-0.25, -0.2) is 0 Å². The lowest BCUT2D eigenvalue weighted by molar-refractivity contribution is -0.143. The Labute approximate surface area is 137 Å². The number of hydrogen-bond donors (Lipinski definition) is 1. The Hall–Kier alpha value is -2.42. The third-order valence-corrected chi connectivity index (χ3v) is 3.83. The summed E-state index contributed by atoms with van der Waals surface area (Å²) in [6.07, 6.45) is 0.743. The molecule has 0 aliphatic rings. The van der Waals surface area contributed by atoms with Crippen molar-refractivity contribution in [2.24, 2.45) is 5.92 Å². The quantitative estimate of drug-likeness (QED) is 0.847. The molecule has 0 fully saturated rings. The van der Waals surface area contributed by atoms with Gasteiger partial charge in [0.05, 0.1) is 5.92 Å². The third kappa shape index (κ3) is 5.37. The molecule has 120 valence electrons. The summed E-state index contributed by atoms with van der Waals surface area (Å²) >= 11 is 0. The minimum Gasteiger partial charge on any atom is -0.481 e. The van der Waals surface area contributed by atoms with Crippen molar-refractivity contribution >= 4 is 11.8 Å². The first kappa shape index (κ1) is 16.9. The number of aliphatic carboxylic acids is 1. The molecule has 3 nitrogen and oxygen atoms in total. The number of hydrogen-bond acceptors (Lipinski definition) is 2. The van der Waals surface area contributed by atoms with E-state index in [9.17, 15) is 14.7 Å². The molecule has 0 aliphatic heterocycles. The van der Waals surface area contributed by atoms with E-state index in [4.69, 9.17) is 0 Å². The largest absolute Gasteiger partial charge is 0.481 e. The molecule has 2 aromatic rings. The van der Waals surface area contributed by atoms with Gasteiger partial charge in [0.2, 0.25) is 0 Å². The average molecular weight is 310 g/mol. The second-order valence-electron chi connectivity index (χ2n) is 6.14. The molecule has 0 unspecified atom stereocenters. The van der Waals surface area contributed by atoms with Gasteiger partial charge >= 0.3 is 5.97 Å². The first-order valence-electron chi connectivity index (χ1n) is 7.79. The maximum Gasteiger partial charge on any atom is 0.307 e. The summed E-state index contributed by atoms with van der Waals surface area (Å²) in [5.74, 6) is -1.61. The Morgan fingerprint density at radius 3 is 2.13 bits per heavy atom. The summed E-state index contributed by atoms with van der Waals surface area (Å²) in [6.45, 7) is 3.99. The highest BCUT2D eigenvalue weighted by molar-refractivity contribution is 5.85. The molecule has 1 atom stereocenters. The number of carbonyl (C=O) groups is 2. The van der Waals surface area contributed by atoms with E-state index in [1.165, 1.54) is 0 Å². The molecule has 23 heavy (non-hydrogen) atoms. The van der Waals surface area contributed by atoms with E-state index >= 15 is 0 Å². The molecule has 0 aromatic heterocycles. The summed E-state index contributed by atoms with van der Waals surface area (Å²) < 4.78 is 0. The minimum atomic E-state index is -0.914. The number of rotatable bonds is 7. The van der Waals surface area contributed by atoms with Gasteiger partial charge in [0.15, 0.2) is 0 Å². The Morgan fingerprint density at radius 1 is 0.957 bits per heavy atom. The first-order valence-corrected chi connectivity index (χ1v) is 7.79. The summed E-state index contributed by atoms with van der Waals surface area (Å²) in [5.41, 5.74) is 4.13. The zero-order valence-electron chi connectivity index (χ0n) is 13.6. The highest BCUT2D eigenvalue weighted by atomic mass is 16.4. The number of carboxylic acid groups (broad SMARTS) is 1. The number of Topliss-reactive ketones (excluding diaryl/α,β-unsaturated/α-hetero) is 1. The first-order chi connectivity index (χ1) is 10.9. The standard InChI is InChI=1S/C20H22O3/c1-14-8-15(2)10-17(9-14)12-19(21)13-18(20(22)23)11-16-6-4-3-5-7-16/h3-10,18H,11-13H2,1-2H3,(H,22,23)/t18-/m1/s1. The molecule has 2 aromatic carbocycles. The van der Waals surface area contributed by atoms with Gasteiger partial charge in [0.25, 0.3) is 0 Å². The van der Waals surface area contributed by atoms with Crippen molar-refractivity contribution in [1.29, 1.82) is 0 Å². The van der Waals surface area contributed by atoms with Gasteiger partial charge in [-0.05, 0) is 31.4 Å². The lowest BCUT2D eigenvalue weighted by Gasteiger charge is -2.12. The van der Waals surface area contributed by atoms with Crippen LogP contribution in [0.2, 0.25) is 0 Å². The van der Waals surface area contributed by atoms with Crippen molar-refractivity contribution in [3.8, 4) is 0 Å². The van der Waals surface area contributed by atoms with Crippen molar-refractivity contribution in [3.63, 3.8) is 0 Å². The average Bonchev–Trinajstić information content (AvgIpc) is 2.46. The van der Waals surface area contributed by atoms with Crippen LogP contribution in [0.25, 0.3) is 0 Å². The van der Waals surface area contributed by atoms with Crippen molar-refractivity contribution in [3.05, 3.63) is 70.8 Å². The fourth-order valence-corrected chi connectivity index (χ4v) is 2.89. The maximum absolute atomic E-state index is 12.3. The molecule has 0 spiro atoms. The molecular weight excluding hydrogens is 288 g/mol. The molecule has 0 saturated carbocycles. The summed E-state index contributed by atoms with van der Waals surface area (Å²) in [4.78, 5) is 23.7. The van der Waals surface area contributed by atoms with Crippen LogP contribution < -0.4 is 0 Å². The van der Waals surface area contributed by atoms with Gasteiger partial charge in [0, 0.05) is 12.8 Å². The normalized spacial score (nSPS) is 11.9. The third-order valence-electron chi connectivity index (χ3n) is 3.83. The van der Waals surface area contributed by atoms with Gasteiger partial charge in [-0.1, -0.05) is 59.7 Å². The number of aryl methyl sites for hydroxylation is 2. The molecule has 0 amide bonds. The van der Waals surface area contributed by atoms with Crippen LogP contribution in [0, 0.1) is 19.8 Å². The zero-order chi connectivity index (χ0) is 16.8. The van der Waals surface area contributed by atoms with Crippen LogP contribution in [0.1, 0.15) is 28.7 Å². The summed E-state index contributed by atoms with van der Waals surface area (Å²) in [6, 6.07) is 15.5. The second kappa shape index (κ2) is 7.73. The molecule has 0 radical (unpaired) electrons. The smallest absolute Gasteiger partial charge is 0.307 e. The molecule has 0 heterocycles. The number of carboxylic acids is 1. The molecule has 3 heteroatoms. The van der Waals surface area contributed by atoms with Crippen LogP contribution in [0.15, 0.2) is 48.5 Å². The number of ketones is 1. The van der Waals surface area contributed by atoms with Crippen LogP contribution in [-0.4, -0.2) is 16.9 Å². The van der Waals surface area contributed by atoms with Crippen molar-refractivity contribution in [1.82, 2.24) is 0 Å². The van der Waals surface area contributed by atoms with Gasteiger partial charge in [-0.2, -0.15) is 0 Å². The predicted octanol–water partition coefficient (Wildman–Crippen LogP) is 3.75. The topological polar surface area (TPSA) is 54.4 Å². The van der Waals surface area contributed by atoms with Gasteiger partial charge in [-0.15, -0.1) is 0 Å². The van der Waals surface area contributed by atoms with E-state index in [2.05, 4.69) is 6.07 Å². The SMILES string of the molecule is Cc1cc(C)cc(CC(=O)C[C@@H](Cc2ccccc2)C(=O)O)c1. The lowest BCUT2D eigenvalue weighted by atomic mass is 9.92. The second-order valence-corrected chi connectivity index (χ2v) is 6.14. The summed E-state index contributed by atoms with van der Waals surface area (Å²) in [5, 5.41) is 9.39. The van der Waals surface area contributed by atoms with Crippen LogP contribution in [0.4, 0.5) is 0 Å². The molecule has 0 saturated heterocycles. The molecule has 0 aliphatic carbocycles. The fraction of sp³-hybridized carbons (Fsp3) is 0.300. The fourth-order valence-electron chi connectivity index (χ4n) is 2.89. The lowest BCUT2D eigenvalue weighted by Crippen LogP contribution is -2.21. The Bertz CT molecular complexity index is 669. The van der Waals surface area contributed by atoms with E-state index < -0.39 is 11.9 Å². The van der Waals surface area contributed by atoms with Gasteiger partial charge in [0.1, 0.15) is 5.78 Å². The predicted molar refractivity (Wildman–Crippen MR) is 90.5 cm³/mol. The van der Waals surface area contributed by atoms with Crippen molar-refractivity contribution < 1.29 is 14.7 Å². The Kier molecular flexibility index (Phi) is 5.69. The highest BCUT2D eigenvalue weighted by Crippen LogP contribution is 2.16. The minimum absolute atomic E-state index is 0.0293. The van der Waals surface area contributed by atoms with E-state index in [0.29, 0.717) is 12.8 Å². The number of carbonyl (C=O) groups excluding carboxylic acids is 1. The van der Waals surface area contributed by atoms with E-state index in [1.54, 1.807) is 0 Å². The van der Waals surface area contributed by atoms with Crippen LogP contribution in [-0.2, 0) is 22.4 Å². The van der Waals surface area contributed by atoms with Crippen LogP contribution in [0.5, 0.6) is 0 Å². The van der Waals surface area contributed by atoms with Crippen molar-refractivity contribution in [2.75, 3.05) is 0 Å². The Morgan fingerprint density at radius 2 is 1.57 bits per heavy atom. The highest BCUT2D eigenvalue weighted by Gasteiger charge is 2.21. The zero-order valence-corrected chi connectivity index (χ0v) is 13.6. The summed E-state index contributed by atoms with van der Waals surface area (Å²) in [7, 11) is 0. The monoisotopic (exact) mass is 310 g/mol.